The molecule has 5 heteroatoms. The maximum absolute atomic E-state index is 11.9. The molecule has 2 rings (SSSR count). The van der Waals surface area contributed by atoms with Crippen LogP contribution in [0.15, 0.2) is 24.3 Å². The molecule has 0 fully saturated rings. The molecule has 1 aliphatic heterocycles. The Morgan fingerprint density at radius 3 is 2.75 bits per heavy atom. The van der Waals surface area contributed by atoms with E-state index in [0.29, 0.717) is 18.9 Å². The number of carboxylic acids is 1. The van der Waals surface area contributed by atoms with E-state index >= 15 is 0 Å². The summed E-state index contributed by atoms with van der Waals surface area (Å²) >= 11 is 0. The number of rotatable bonds is 5. The molecule has 1 aromatic carbocycles. The predicted octanol–water partition coefficient (Wildman–Crippen LogP) is 1.27. The molecular formula is C15H20N2O3. The Morgan fingerprint density at radius 2 is 2.10 bits per heavy atom. The maximum Gasteiger partial charge on any atom is 0.326 e. The smallest absolute Gasteiger partial charge is 0.326 e. The average Bonchev–Trinajstić information content (AvgIpc) is 2.76. The van der Waals surface area contributed by atoms with Gasteiger partial charge in [0, 0.05) is 18.7 Å². The Labute approximate surface area is 118 Å². The zero-order valence-corrected chi connectivity index (χ0v) is 11.8. The van der Waals surface area contributed by atoms with Gasteiger partial charge in [0.25, 0.3) is 0 Å². The van der Waals surface area contributed by atoms with Crippen molar-refractivity contribution in [2.24, 2.45) is 5.92 Å². The third-order valence-electron chi connectivity index (χ3n) is 3.40. The Kier molecular flexibility index (Phi) is 4.27. The van der Waals surface area contributed by atoms with Crippen LogP contribution in [0.25, 0.3) is 0 Å². The van der Waals surface area contributed by atoms with Crippen LogP contribution < -0.4 is 10.2 Å². The van der Waals surface area contributed by atoms with Gasteiger partial charge in [-0.2, -0.15) is 0 Å². The third kappa shape index (κ3) is 3.10. The number of benzene rings is 1. The molecule has 1 aliphatic rings. The van der Waals surface area contributed by atoms with E-state index in [0.717, 1.165) is 11.3 Å². The molecular weight excluding hydrogens is 256 g/mol. The summed E-state index contributed by atoms with van der Waals surface area (Å²) in [7, 11) is 0. The lowest BCUT2D eigenvalue weighted by Crippen LogP contribution is -2.45. The number of hydrogen-bond acceptors (Lipinski definition) is 3. The molecule has 0 aliphatic carbocycles. The van der Waals surface area contributed by atoms with Crippen LogP contribution in [0.2, 0.25) is 0 Å². The van der Waals surface area contributed by atoms with E-state index in [-0.39, 0.29) is 12.5 Å². The maximum atomic E-state index is 11.9. The molecule has 0 bridgehead atoms. The second-order valence-corrected chi connectivity index (χ2v) is 5.51. The Bertz CT molecular complexity index is 514. The van der Waals surface area contributed by atoms with Gasteiger partial charge in [-0.1, -0.05) is 32.0 Å². The molecule has 0 aromatic heterocycles. The number of para-hydroxylation sites is 1. The van der Waals surface area contributed by atoms with Crippen LogP contribution in [0.4, 0.5) is 5.69 Å². The lowest BCUT2D eigenvalue weighted by molar-refractivity contribution is -0.138. The molecule has 0 radical (unpaired) electrons. The fraction of sp³-hybridized carbons (Fsp3) is 0.467. The zero-order chi connectivity index (χ0) is 14.7. The summed E-state index contributed by atoms with van der Waals surface area (Å²) in [6, 6.07) is 6.88. The molecule has 20 heavy (non-hydrogen) atoms. The molecule has 1 amide bonds. The van der Waals surface area contributed by atoms with Crippen molar-refractivity contribution in [3.05, 3.63) is 29.8 Å². The molecule has 0 saturated carbocycles. The molecule has 1 atom stereocenters. The van der Waals surface area contributed by atoms with E-state index in [1.54, 1.807) is 4.90 Å². The lowest BCUT2D eigenvalue weighted by atomic mass is 10.1. The molecule has 5 nitrogen and oxygen atoms in total. The van der Waals surface area contributed by atoms with Gasteiger partial charge >= 0.3 is 5.97 Å². The first kappa shape index (κ1) is 14.4. The van der Waals surface area contributed by atoms with Gasteiger partial charge in [0.15, 0.2) is 0 Å². The van der Waals surface area contributed by atoms with Crippen LogP contribution in [0.5, 0.6) is 0 Å². The van der Waals surface area contributed by atoms with Gasteiger partial charge in [-0.25, -0.2) is 4.79 Å². The molecule has 1 unspecified atom stereocenters. The third-order valence-corrected chi connectivity index (χ3v) is 3.40. The van der Waals surface area contributed by atoms with E-state index in [1.165, 1.54) is 0 Å². The van der Waals surface area contributed by atoms with Crippen molar-refractivity contribution in [3.8, 4) is 0 Å². The molecule has 108 valence electrons. The number of nitrogens with one attached hydrogen (secondary N) is 1. The van der Waals surface area contributed by atoms with E-state index in [9.17, 15) is 14.7 Å². The summed E-state index contributed by atoms with van der Waals surface area (Å²) in [5.41, 5.74) is 1.83. The molecule has 0 spiro atoms. The van der Waals surface area contributed by atoms with Crippen LogP contribution in [-0.4, -0.2) is 36.1 Å². The van der Waals surface area contributed by atoms with Crippen LogP contribution in [0, 0.1) is 5.92 Å². The van der Waals surface area contributed by atoms with Crippen LogP contribution in [0.3, 0.4) is 0 Å². The van der Waals surface area contributed by atoms with Crippen molar-refractivity contribution in [3.63, 3.8) is 0 Å². The van der Waals surface area contributed by atoms with Gasteiger partial charge < -0.3 is 15.3 Å². The zero-order valence-electron chi connectivity index (χ0n) is 11.8. The first-order valence-corrected chi connectivity index (χ1v) is 6.83. The van der Waals surface area contributed by atoms with Gasteiger partial charge in [0.05, 0.1) is 6.54 Å². The molecule has 1 heterocycles. The van der Waals surface area contributed by atoms with Gasteiger partial charge in [-0.05, 0) is 17.5 Å². The number of fused-ring (bicyclic) bond motifs is 1. The second kappa shape index (κ2) is 5.94. The minimum absolute atomic E-state index is 0.0840. The number of carbonyl (C=O) groups is 2. The van der Waals surface area contributed by atoms with E-state index in [1.807, 2.05) is 38.1 Å². The van der Waals surface area contributed by atoms with Crippen molar-refractivity contribution in [2.75, 3.05) is 18.0 Å². The largest absolute Gasteiger partial charge is 0.480 e. The Morgan fingerprint density at radius 1 is 1.40 bits per heavy atom. The van der Waals surface area contributed by atoms with Gasteiger partial charge in [0.1, 0.15) is 6.04 Å². The van der Waals surface area contributed by atoms with Gasteiger partial charge in [-0.3, -0.25) is 4.79 Å². The minimum Gasteiger partial charge on any atom is -0.480 e. The van der Waals surface area contributed by atoms with E-state index in [2.05, 4.69) is 5.32 Å². The van der Waals surface area contributed by atoms with Crippen molar-refractivity contribution in [1.29, 1.82) is 0 Å². The van der Waals surface area contributed by atoms with Gasteiger partial charge in [0.2, 0.25) is 5.91 Å². The second-order valence-electron chi connectivity index (χ2n) is 5.51. The molecule has 0 saturated heterocycles. The van der Waals surface area contributed by atoms with Crippen molar-refractivity contribution in [1.82, 2.24) is 5.32 Å². The average molecular weight is 276 g/mol. The normalized spacial score (nSPS) is 17.1. The molecule has 1 aromatic rings. The highest BCUT2D eigenvalue weighted by atomic mass is 16.4. The first-order valence-electron chi connectivity index (χ1n) is 6.83. The number of carbonyl (C=O) groups excluding carboxylic acids is 1. The van der Waals surface area contributed by atoms with Crippen molar-refractivity contribution in [2.45, 2.75) is 26.3 Å². The summed E-state index contributed by atoms with van der Waals surface area (Å²) in [6.07, 6.45) is 0.447. The summed E-state index contributed by atoms with van der Waals surface area (Å²) in [4.78, 5) is 25.0. The highest BCUT2D eigenvalue weighted by Crippen LogP contribution is 2.31. The number of nitrogens with zero attached hydrogens (tertiary/aromatic N) is 1. The number of amides is 1. The summed E-state index contributed by atoms with van der Waals surface area (Å²) in [5.74, 6) is -0.653. The van der Waals surface area contributed by atoms with Crippen LogP contribution in [0.1, 0.15) is 19.4 Å². The van der Waals surface area contributed by atoms with Crippen LogP contribution >= 0.6 is 0 Å². The summed E-state index contributed by atoms with van der Waals surface area (Å²) in [6.45, 7) is 4.73. The number of aliphatic carboxylic acids is 1. The highest BCUT2D eigenvalue weighted by molar-refractivity contribution is 5.88. The predicted molar refractivity (Wildman–Crippen MR) is 76.8 cm³/mol. The van der Waals surface area contributed by atoms with E-state index in [4.69, 9.17) is 0 Å². The fourth-order valence-corrected chi connectivity index (χ4v) is 2.39. The van der Waals surface area contributed by atoms with Crippen molar-refractivity contribution < 1.29 is 14.7 Å². The summed E-state index contributed by atoms with van der Waals surface area (Å²) < 4.78 is 0. The Hall–Kier alpha value is -2.04. The summed E-state index contributed by atoms with van der Waals surface area (Å²) in [5, 5.41) is 12.1. The lowest BCUT2D eigenvalue weighted by Gasteiger charge is -2.24. The number of carboxylic acid groups (broad SMARTS) is 1. The topological polar surface area (TPSA) is 69.6 Å². The monoisotopic (exact) mass is 276 g/mol. The van der Waals surface area contributed by atoms with Crippen molar-refractivity contribution >= 4 is 17.6 Å². The Balaban J connectivity index is 2.11. The van der Waals surface area contributed by atoms with Crippen LogP contribution in [-0.2, 0) is 16.0 Å². The minimum atomic E-state index is -0.891. The number of hydrogen-bond donors (Lipinski definition) is 2. The van der Waals surface area contributed by atoms with E-state index < -0.39 is 12.0 Å². The molecule has 2 N–H and O–H groups in total. The first-order chi connectivity index (χ1) is 9.49. The fourth-order valence-electron chi connectivity index (χ4n) is 2.39. The standard InChI is InChI=1S/C15H20N2O3/c1-10(2)8-16-14(18)9-17-12-6-4-3-5-11(12)7-13(17)15(19)20/h3-6,10,13H,7-9H2,1-2H3,(H,16,18)(H,19,20). The van der Waals surface area contributed by atoms with Gasteiger partial charge in [-0.15, -0.1) is 0 Å². The quantitative estimate of drug-likeness (QED) is 0.850. The SMILES string of the molecule is CC(C)CNC(=O)CN1c2ccccc2CC1C(=O)O. The number of anilines is 1. The highest BCUT2D eigenvalue weighted by Gasteiger charge is 2.35.